The molecule has 0 aromatic heterocycles. The Balaban J connectivity index is 2.66. The van der Waals surface area contributed by atoms with Crippen molar-refractivity contribution >= 4 is 31.8 Å². The topological polar surface area (TPSA) is 61.4 Å². The summed E-state index contributed by atoms with van der Waals surface area (Å²) in [6.45, 7) is 3.98. The third-order valence-corrected chi connectivity index (χ3v) is 4.83. The van der Waals surface area contributed by atoms with Crippen LogP contribution in [0.25, 0.3) is 0 Å². The predicted molar refractivity (Wildman–Crippen MR) is 82.4 cm³/mol. The first-order chi connectivity index (χ1) is 9.36. The van der Waals surface area contributed by atoms with Gasteiger partial charge in [-0.1, -0.05) is 6.92 Å². The summed E-state index contributed by atoms with van der Waals surface area (Å²) < 4.78 is 41.3. The molecule has 5 nitrogen and oxygen atoms in total. The van der Waals surface area contributed by atoms with Crippen LogP contribution in [0.3, 0.4) is 0 Å². The van der Waals surface area contributed by atoms with E-state index in [0.29, 0.717) is 17.4 Å². The molecular weight excluding hydrogens is 349 g/mol. The van der Waals surface area contributed by atoms with Crippen LogP contribution in [0.15, 0.2) is 22.7 Å². The standard InChI is InChI=1S/C12H19BrFN3O2S/c1-3-15-7-4-8-17(2)20(18,19)16-12-9-10(14)5-6-11(12)13/h5-6,9,15-16H,3-4,7-8H2,1-2H3. The molecule has 0 unspecified atom stereocenters. The van der Waals surface area contributed by atoms with Crippen LogP contribution < -0.4 is 10.0 Å². The van der Waals surface area contributed by atoms with Crippen molar-refractivity contribution in [2.45, 2.75) is 13.3 Å². The Hall–Kier alpha value is -0.700. The summed E-state index contributed by atoms with van der Waals surface area (Å²) in [5.74, 6) is -0.499. The van der Waals surface area contributed by atoms with E-state index in [2.05, 4.69) is 26.0 Å². The second-order valence-electron chi connectivity index (χ2n) is 4.26. The van der Waals surface area contributed by atoms with Crippen LogP contribution in [-0.4, -0.2) is 39.4 Å². The molecule has 0 saturated carbocycles. The minimum atomic E-state index is -3.68. The van der Waals surface area contributed by atoms with Gasteiger partial charge in [-0.15, -0.1) is 0 Å². The van der Waals surface area contributed by atoms with Crippen molar-refractivity contribution in [1.29, 1.82) is 0 Å². The molecule has 2 N–H and O–H groups in total. The number of rotatable bonds is 8. The van der Waals surface area contributed by atoms with Crippen molar-refractivity contribution in [3.05, 3.63) is 28.5 Å². The summed E-state index contributed by atoms with van der Waals surface area (Å²) in [6, 6.07) is 3.84. The third kappa shape index (κ3) is 5.35. The molecule has 0 spiro atoms. The zero-order chi connectivity index (χ0) is 15.2. The summed E-state index contributed by atoms with van der Waals surface area (Å²) in [5, 5.41) is 3.12. The lowest BCUT2D eigenvalue weighted by atomic mass is 10.3. The SMILES string of the molecule is CCNCCCN(C)S(=O)(=O)Nc1cc(F)ccc1Br. The molecule has 0 atom stereocenters. The molecule has 0 bridgehead atoms. The normalized spacial score (nSPS) is 11.8. The molecule has 0 heterocycles. The predicted octanol–water partition coefficient (Wildman–Crippen LogP) is 2.18. The molecule has 0 radical (unpaired) electrons. The fourth-order valence-corrected chi connectivity index (χ4v) is 2.97. The van der Waals surface area contributed by atoms with E-state index in [1.807, 2.05) is 6.92 Å². The van der Waals surface area contributed by atoms with Crippen LogP contribution in [-0.2, 0) is 10.2 Å². The van der Waals surface area contributed by atoms with E-state index in [1.165, 1.54) is 23.5 Å². The summed E-state index contributed by atoms with van der Waals surface area (Å²) >= 11 is 3.18. The highest BCUT2D eigenvalue weighted by molar-refractivity contribution is 9.10. The Labute approximate surface area is 127 Å². The van der Waals surface area contributed by atoms with Crippen LogP contribution in [0, 0.1) is 5.82 Å². The van der Waals surface area contributed by atoms with Crippen molar-refractivity contribution in [1.82, 2.24) is 9.62 Å². The smallest absolute Gasteiger partial charge is 0.301 e. The first kappa shape index (κ1) is 17.4. The summed E-state index contributed by atoms with van der Waals surface area (Å²) in [4.78, 5) is 0. The van der Waals surface area contributed by atoms with Gasteiger partial charge in [0.2, 0.25) is 0 Å². The summed E-state index contributed by atoms with van der Waals surface area (Å²) in [6.07, 6.45) is 0.704. The van der Waals surface area contributed by atoms with Crippen molar-refractivity contribution < 1.29 is 12.8 Å². The fraction of sp³-hybridized carbons (Fsp3) is 0.500. The first-order valence-electron chi connectivity index (χ1n) is 6.26. The van der Waals surface area contributed by atoms with Gasteiger partial charge in [-0.2, -0.15) is 12.7 Å². The molecule has 114 valence electrons. The number of nitrogens with one attached hydrogen (secondary N) is 2. The van der Waals surface area contributed by atoms with Gasteiger partial charge in [0.25, 0.3) is 0 Å². The maximum atomic E-state index is 13.1. The molecule has 0 aliphatic rings. The van der Waals surface area contributed by atoms with E-state index >= 15 is 0 Å². The fourth-order valence-electron chi connectivity index (χ4n) is 1.52. The molecular formula is C12H19BrFN3O2S. The number of hydrogen-bond acceptors (Lipinski definition) is 3. The van der Waals surface area contributed by atoms with Crippen molar-refractivity contribution in [3.63, 3.8) is 0 Å². The lowest BCUT2D eigenvalue weighted by Gasteiger charge is -2.19. The molecule has 1 aromatic rings. The van der Waals surface area contributed by atoms with Crippen LogP contribution in [0.1, 0.15) is 13.3 Å². The second-order valence-corrected chi connectivity index (χ2v) is 6.89. The van der Waals surface area contributed by atoms with E-state index < -0.39 is 16.0 Å². The zero-order valence-electron chi connectivity index (χ0n) is 11.5. The number of nitrogens with zero attached hydrogens (tertiary/aromatic N) is 1. The number of halogens is 2. The van der Waals surface area contributed by atoms with Gasteiger partial charge in [-0.25, -0.2) is 4.39 Å². The van der Waals surface area contributed by atoms with Gasteiger partial charge in [0.05, 0.1) is 5.69 Å². The number of anilines is 1. The molecule has 1 aromatic carbocycles. The highest BCUT2D eigenvalue weighted by atomic mass is 79.9. The molecule has 20 heavy (non-hydrogen) atoms. The maximum absolute atomic E-state index is 13.1. The average Bonchev–Trinajstić information content (AvgIpc) is 2.38. The highest BCUT2D eigenvalue weighted by Gasteiger charge is 2.18. The molecule has 1 rings (SSSR count). The highest BCUT2D eigenvalue weighted by Crippen LogP contribution is 2.24. The van der Waals surface area contributed by atoms with E-state index in [0.717, 1.165) is 19.2 Å². The van der Waals surface area contributed by atoms with Gasteiger partial charge in [-0.3, -0.25) is 4.72 Å². The quantitative estimate of drug-likeness (QED) is 0.692. The largest absolute Gasteiger partial charge is 0.317 e. The Morgan fingerprint density at radius 1 is 1.40 bits per heavy atom. The lowest BCUT2D eigenvalue weighted by molar-refractivity contribution is 0.459. The van der Waals surface area contributed by atoms with Crippen LogP contribution >= 0.6 is 15.9 Å². The summed E-state index contributed by atoms with van der Waals surface area (Å²) in [5.41, 5.74) is 0.184. The maximum Gasteiger partial charge on any atom is 0.301 e. The summed E-state index contributed by atoms with van der Waals surface area (Å²) in [7, 11) is -2.19. The molecule has 0 aliphatic carbocycles. The lowest BCUT2D eigenvalue weighted by Crippen LogP contribution is -2.34. The van der Waals surface area contributed by atoms with Gasteiger partial charge >= 0.3 is 10.2 Å². The Kier molecular flexibility index (Phi) is 6.87. The van der Waals surface area contributed by atoms with Gasteiger partial charge in [0.15, 0.2) is 0 Å². The van der Waals surface area contributed by atoms with Crippen LogP contribution in [0.5, 0.6) is 0 Å². The molecule has 0 amide bonds. The Morgan fingerprint density at radius 3 is 2.75 bits per heavy atom. The van der Waals surface area contributed by atoms with E-state index in [9.17, 15) is 12.8 Å². The van der Waals surface area contributed by atoms with E-state index in [1.54, 1.807) is 0 Å². The van der Waals surface area contributed by atoms with Gasteiger partial charge in [-0.05, 0) is 53.6 Å². The molecule has 0 aliphatic heterocycles. The van der Waals surface area contributed by atoms with Crippen molar-refractivity contribution in [2.24, 2.45) is 0 Å². The Morgan fingerprint density at radius 2 is 2.10 bits per heavy atom. The van der Waals surface area contributed by atoms with Gasteiger partial charge in [0.1, 0.15) is 5.82 Å². The van der Waals surface area contributed by atoms with E-state index in [4.69, 9.17) is 0 Å². The van der Waals surface area contributed by atoms with Gasteiger partial charge in [0, 0.05) is 18.1 Å². The number of benzene rings is 1. The second kappa shape index (κ2) is 7.92. The van der Waals surface area contributed by atoms with Crippen molar-refractivity contribution in [3.8, 4) is 0 Å². The average molecular weight is 368 g/mol. The van der Waals surface area contributed by atoms with Gasteiger partial charge < -0.3 is 5.32 Å². The van der Waals surface area contributed by atoms with Crippen LogP contribution in [0.4, 0.5) is 10.1 Å². The van der Waals surface area contributed by atoms with Crippen molar-refractivity contribution in [2.75, 3.05) is 31.4 Å². The molecule has 0 fully saturated rings. The van der Waals surface area contributed by atoms with Crippen LogP contribution in [0.2, 0.25) is 0 Å². The van der Waals surface area contributed by atoms with E-state index in [-0.39, 0.29) is 5.69 Å². The minimum absolute atomic E-state index is 0.184. The monoisotopic (exact) mass is 367 g/mol. The first-order valence-corrected chi connectivity index (χ1v) is 8.50. The molecule has 8 heteroatoms. The number of hydrogen-bond donors (Lipinski definition) is 2. The third-order valence-electron chi connectivity index (χ3n) is 2.65. The zero-order valence-corrected chi connectivity index (χ0v) is 13.9. The Bertz CT molecular complexity index is 540. The minimum Gasteiger partial charge on any atom is -0.317 e. The molecule has 0 saturated heterocycles.